The minimum absolute atomic E-state index is 0.0518. The second-order valence-corrected chi connectivity index (χ2v) is 4.09. The van der Waals surface area contributed by atoms with Crippen molar-refractivity contribution in [3.8, 4) is 6.01 Å². The van der Waals surface area contributed by atoms with Crippen LogP contribution in [0.4, 0.5) is 11.9 Å². The number of ether oxygens (including phenoxy) is 1. The summed E-state index contributed by atoms with van der Waals surface area (Å²) in [6.45, 7) is 4.30. The Morgan fingerprint density at radius 3 is 2.26 bits per heavy atom. The summed E-state index contributed by atoms with van der Waals surface area (Å²) in [5, 5.41) is 20.9. The van der Waals surface area contributed by atoms with Crippen LogP contribution in [-0.4, -0.2) is 64.6 Å². The van der Waals surface area contributed by atoms with E-state index in [9.17, 15) is 0 Å². The van der Waals surface area contributed by atoms with Crippen molar-refractivity contribution in [1.29, 1.82) is 0 Å². The van der Waals surface area contributed by atoms with Gasteiger partial charge in [0.15, 0.2) is 0 Å². The second-order valence-electron chi connectivity index (χ2n) is 4.09. The van der Waals surface area contributed by atoms with Gasteiger partial charge in [-0.15, -0.1) is 0 Å². The molecule has 1 aromatic rings. The smallest absolute Gasteiger partial charge is 0.323 e. The Morgan fingerprint density at radius 2 is 1.79 bits per heavy atom. The Hall–Kier alpha value is -1.67. The summed E-state index contributed by atoms with van der Waals surface area (Å²) in [6, 6.07) is 0.213. The number of rotatable bonds is 8. The fraction of sp³-hybridized carbons (Fsp3) is 0.727. The van der Waals surface area contributed by atoms with E-state index < -0.39 is 0 Å². The first-order chi connectivity index (χ1) is 9.10. The summed E-state index contributed by atoms with van der Waals surface area (Å²) in [6.07, 6.45) is -0.0518. The summed E-state index contributed by atoms with van der Waals surface area (Å²) in [5.74, 6) is 0.736. The van der Waals surface area contributed by atoms with Gasteiger partial charge in [-0.25, -0.2) is 0 Å². The predicted molar refractivity (Wildman–Crippen MR) is 71.5 cm³/mol. The van der Waals surface area contributed by atoms with Crippen molar-refractivity contribution in [3.63, 3.8) is 0 Å². The van der Waals surface area contributed by atoms with Crippen LogP contribution in [0.25, 0.3) is 0 Å². The van der Waals surface area contributed by atoms with E-state index in [0.29, 0.717) is 25.0 Å². The van der Waals surface area contributed by atoms with Crippen molar-refractivity contribution in [3.05, 3.63) is 0 Å². The van der Waals surface area contributed by atoms with Gasteiger partial charge in [0, 0.05) is 20.1 Å². The molecular weight excluding hydrogens is 250 g/mol. The van der Waals surface area contributed by atoms with Gasteiger partial charge in [-0.3, -0.25) is 0 Å². The number of aliphatic hydroxyl groups is 2. The van der Waals surface area contributed by atoms with Crippen molar-refractivity contribution in [2.75, 3.05) is 43.6 Å². The van der Waals surface area contributed by atoms with Gasteiger partial charge < -0.3 is 25.2 Å². The molecular formula is C11H21N5O3. The lowest BCUT2D eigenvalue weighted by Gasteiger charge is -2.21. The third-order valence-electron chi connectivity index (χ3n) is 2.19. The van der Waals surface area contributed by atoms with Crippen LogP contribution in [0.15, 0.2) is 0 Å². The highest BCUT2D eigenvalue weighted by atomic mass is 16.5. The number of aromatic nitrogens is 3. The molecule has 8 heteroatoms. The number of hydrogen-bond acceptors (Lipinski definition) is 8. The molecule has 0 aliphatic rings. The molecule has 8 nitrogen and oxygen atoms in total. The molecule has 0 unspecified atom stereocenters. The molecule has 0 aromatic carbocycles. The van der Waals surface area contributed by atoms with E-state index in [1.54, 1.807) is 11.9 Å². The molecule has 3 N–H and O–H groups in total. The molecule has 1 heterocycles. The molecule has 0 aliphatic heterocycles. The van der Waals surface area contributed by atoms with E-state index in [1.807, 2.05) is 13.8 Å². The maximum Gasteiger partial charge on any atom is 0.323 e. The number of aliphatic hydroxyl groups excluding tert-OH is 2. The van der Waals surface area contributed by atoms with Gasteiger partial charge in [-0.1, -0.05) is 0 Å². The lowest BCUT2D eigenvalue weighted by Crippen LogP contribution is -2.31. The van der Waals surface area contributed by atoms with Gasteiger partial charge in [0.1, 0.15) is 0 Å². The van der Waals surface area contributed by atoms with Crippen LogP contribution in [-0.2, 0) is 0 Å². The Balaban J connectivity index is 3.02. The van der Waals surface area contributed by atoms with E-state index in [4.69, 9.17) is 14.9 Å². The van der Waals surface area contributed by atoms with Crippen LogP contribution in [0.2, 0.25) is 0 Å². The molecule has 0 fully saturated rings. The van der Waals surface area contributed by atoms with E-state index in [2.05, 4.69) is 20.3 Å². The van der Waals surface area contributed by atoms with Crippen LogP contribution >= 0.6 is 0 Å². The van der Waals surface area contributed by atoms with Gasteiger partial charge in [0.2, 0.25) is 11.9 Å². The molecule has 0 saturated heterocycles. The number of nitrogens with one attached hydrogen (secondary N) is 1. The van der Waals surface area contributed by atoms with Gasteiger partial charge in [-0.05, 0) is 13.8 Å². The topological polar surface area (TPSA) is 104 Å². The monoisotopic (exact) mass is 271 g/mol. The van der Waals surface area contributed by atoms with Crippen molar-refractivity contribution in [2.45, 2.75) is 20.0 Å². The molecule has 19 heavy (non-hydrogen) atoms. The molecule has 0 atom stereocenters. The number of nitrogens with zero attached hydrogens (tertiary/aromatic N) is 4. The summed E-state index contributed by atoms with van der Waals surface area (Å²) < 4.78 is 5.45. The van der Waals surface area contributed by atoms with Gasteiger partial charge in [-0.2, -0.15) is 15.0 Å². The van der Waals surface area contributed by atoms with Crippen LogP contribution in [0.5, 0.6) is 6.01 Å². The average molecular weight is 271 g/mol. The molecule has 108 valence electrons. The molecule has 0 aliphatic carbocycles. The molecule has 1 aromatic heterocycles. The zero-order valence-electron chi connectivity index (χ0n) is 11.5. The first-order valence-corrected chi connectivity index (χ1v) is 6.17. The third kappa shape index (κ3) is 4.84. The largest absolute Gasteiger partial charge is 0.461 e. The standard InChI is InChI=1S/C11H21N5O3/c1-8(2)19-11-14-9(12-3)13-10(15-11)16(4-6-17)5-7-18/h8,17-18H,4-7H2,1-3H3,(H,12,13,14,15). The quantitative estimate of drug-likeness (QED) is 0.581. The molecule has 0 spiro atoms. The highest BCUT2D eigenvalue weighted by Gasteiger charge is 2.14. The lowest BCUT2D eigenvalue weighted by atomic mass is 10.5. The normalized spacial score (nSPS) is 10.6. The van der Waals surface area contributed by atoms with Gasteiger partial charge in [0.25, 0.3) is 0 Å². The SMILES string of the molecule is CNc1nc(OC(C)C)nc(N(CCO)CCO)n1. The van der Waals surface area contributed by atoms with E-state index in [1.165, 1.54) is 0 Å². The van der Waals surface area contributed by atoms with Gasteiger partial charge in [0.05, 0.1) is 19.3 Å². The first kappa shape index (κ1) is 15.4. The molecule has 0 amide bonds. The Kier molecular flexibility index (Phi) is 6.23. The summed E-state index contributed by atoms with van der Waals surface area (Å²) in [5.41, 5.74) is 0. The molecule has 1 rings (SSSR count). The highest BCUT2D eigenvalue weighted by Crippen LogP contribution is 2.15. The second kappa shape index (κ2) is 7.70. The minimum Gasteiger partial charge on any atom is -0.461 e. The van der Waals surface area contributed by atoms with Crippen molar-refractivity contribution in [2.24, 2.45) is 0 Å². The average Bonchev–Trinajstić information content (AvgIpc) is 2.37. The zero-order chi connectivity index (χ0) is 14.3. The van der Waals surface area contributed by atoms with Gasteiger partial charge >= 0.3 is 6.01 Å². The van der Waals surface area contributed by atoms with Crippen LogP contribution in [0, 0.1) is 0 Å². The van der Waals surface area contributed by atoms with Crippen molar-refractivity contribution < 1.29 is 14.9 Å². The fourth-order valence-corrected chi connectivity index (χ4v) is 1.42. The fourth-order valence-electron chi connectivity index (χ4n) is 1.42. The first-order valence-electron chi connectivity index (χ1n) is 6.17. The Labute approximate surface area is 112 Å². The van der Waals surface area contributed by atoms with Crippen LogP contribution in [0.1, 0.15) is 13.8 Å². The third-order valence-corrected chi connectivity index (χ3v) is 2.19. The summed E-state index contributed by atoms with van der Waals surface area (Å²) >= 11 is 0. The maximum atomic E-state index is 9.02. The van der Waals surface area contributed by atoms with Crippen LogP contribution < -0.4 is 15.0 Å². The lowest BCUT2D eigenvalue weighted by molar-refractivity contribution is 0.221. The number of hydrogen-bond donors (Lipinski definition) is 3. The van der Waals surface area contributed by atoms with Crippen LogP contribution in [0.3, 0.4) is 0 Å². The predicted octanol–water partition coefficient (Wildman–Crippen LogP) is -0.508. The van der Waals surface area contributed by atoms with E-state index in [0.717, 1.165) is 0 Å². The molecule has 0 radical (unpaired) electrons. The van der Waals surface area contributed by atoms with E-state index in [-0.39, 0.29) is 25.3 Å². The summed E-state index contributed by atoms with van der Waals surface area (Å²) in [4.78, 5) is 14.1. The summed E-state index contributed by atoms with van der Waals surface area (Å²) in [7, 11) is 1.70. The molecule has 0 bridgehead atoms. The Bertz CT molecular complexity index is 383. The number of anilines is 2. The molecule has 0 saturated carbocycles. The minimum atomic E-state index is -0.0546. The highest BCUT2D eigenvalue weighted by molar-refractivity contribution is 5.38. The zero-order valence-corrected chi connectivity index (χ0v) is 11.5. The van der Waals surface area contributed by atoms with E-state index >= 15 is 0 Å². The van der Waals surface area contributed by atoms with Crippen molar-refractivity contribution in [1.82, 2.24) is 15.0 Å². The Morgan fingerprint density at radius 1 is 1.16 bits per heavy atom. The maximum absolute atomic E-state index is 9.02. The van der Waals surface area contributed by atoms with Crippen molar-refractivity contribution >= 4 is 11.9 Å².